The number of aryl methyl sites for hydroxylation is 1. The predicted molar refractivity (Wildman–Crippen MR) is 115 cm³/mol. The van der Waals surface area contributed by atoms with Crippen LogP contribution in [0, 0.1) is 19.8 Å². The van der Waals surface area contributed by atoms with Crippen molar-refractivity contribution in [1.29, 1.82) is 0 Å². The zero-order chi connectivity index (χ0) is 22.4. The van der Waals surface area contributed by atoms with Gasteiger partial charge in [0.1, 0.15) is 5.69 Å². The Kier molecular flexibility index (Phi) is 7.92. The molecule has 1 amide bonds. The van der Waals surface area contributed by atoms with Gasteiger partial charge in [-0.25, -0.2) is 4.79 Å². The number of pyridine rings is 1. The summed E-state index contributed by atoms with van der Waals surface area (Å²) in [4.78, 5) is 47.3. The Bertz CT molecular complexity index is 903. The molecule has 1 N–H and O–H groups in total. The number of carbonyl (C=O) groups is 3. The zero-order valence-corrected chi connectivity index (χ0v) is 18.6. The van der Waals surface area contributed by atoms with Crippen molar-refractivity contribution in [1.82, 2.24) is 14.9 Å². The van der Waals surface area contributed by atoms with Gasteiger partial charge in [-0.1, -0.05) is 19.9 Å². The van der Waals surface area contributed by atoms with Crippen molar-refractivity contribution in [3.05, 3.63) is 52.6 Å². The highest BCUT2D eigenvalue weighted by molar-refractivity contribution is 6.06. The lowest BCUT2D eigenvalue weighted by molar-refractivity contribution is -0.135. The number of Topliss-reactive ketones (excluding diaryl/α,β-unsaturated/α-hetero) is 1. The molecule has 0 aliphatic carbocycles. The molecule has 0 spiro atoms. The van der Waals surface area contributed by atoms with E-state index in [1.165, 1.54) is 0 Å². The summed E-state index contributed by atoms with van der Waals surface area (Å²) in [6, 6.07) is 4.96. The van der Waals surface area contributed by atoms with Crippen LogP contribution in [0.2, 0.25) is 0 Å². The Morgan fingerprint density at radius 1 is 1.17 bits per heavy atom. The molecule has 162 valence electrons. The number of hydrogen-bond donors (Lipinski definition) is 1. The van der Waals surface area contributed by atoms with Crippen LogP contribution in [0.15, 0.2) is 24.4 Å². The van der Waals surface area contributed by atoms with Crippen molar-refractivity contribution in [3.63, 3.8) is 0 Å². The molecule has 0 saturated carbocycles. The average Bonchev–Trinajstić information content (AvgIpc) is 3.02. The van der Waals surface area contributed by atoms with Gasteiger partial charge in [-0.05, 0) is 45.4 Å². The van der Waals surface area contributed by atoms with Gasteiger partial charge in [0.2, 0.25) is 5.91 Å². The molecule has 2 rings (SSSR count). The molecule has 2 aromatic heterocycles. The number of nitrogens with one attached hydrogen (secondary N) is 1. The van der Waals surface area contributed by atoms with Crippen molar-refractivity contribution in [2.24, 2.45) is 5.92 Å². The van der Waals surface area contributed by atoms with Crippen LogP contribution in [-0.2, 0) is 16.0 Å². The summed E-state index contributed by atoms with van der Waals surface area (Å²) >= 11 is 0. The largest absolute Gasteiger partial charge is 0.461 e. The first kappa shape index (κ1) is 23.3. The van der Waals surface area contributed by atoms with Crippen molar-refractivity contribution in [3.8, 4) is 0 Å². The first-order chi connectivity index (χ1) is 14.2. The van der Waals surface area contributed by atoms with Crippen molar-refractivity contribution in [2.45, 2.75) is 54.0 Å². The molecule has 0 radical (unpaired) electrons. The molecule has 0 aliphatic rings. The molecule has 0 aliphatic heterocycles. The molecule has 0 fully saturated rings. The number of ether oxygens (including phenoxy) is 1. The number of amides is 1. The summed E-state index contributed by atoms with van der Waals surface area (Å²) in [5.41, 5.74) is 2.71. The Hall–Kier alpha value is -2.96. The summed E-state index contributed by atoms with van der Waals surface area (Å²) < 4.78 is 5.07. The minimum absolute atomic E-state index is 0.0942. The number of hydrogen-bond acceptors (Lipinski definition) is 5. The SMILES string of the molecule is CCOC(=O)c1[nH]c(C)c(C(=O)C(C)N(CCc2ccccn2)C(=O)C(C)C)c1C. The third kappa shape index (κ3) is 5.14. The number of rotatable bonds is 9. The minimum atomic E-state index is -0.674. The smallest absolute Gasteiger partial charge is 0.355 e. The lowest BCUT2D eigenvalue weighted by Crippen LogP contribution is -2.46. The van der Waals surface area contributed by atoms with E-state index in [9.17, 15) is 14.4 Å². The Morgan fingerprint density at radius 2 is 1.87 bits per heavy atom. The van der Waals surface area contributed by atoms with Gasteiger partial charge >= 0.3 is 5.97 Å². The predicted octanol–water partition coefficient (Wildman–Crippen LogP) is 3.50. The molecule has 1 unspecified atom stereocenters. The van der Waals surface area contributed by atoms with Crippen molar-refractivity contribution < 1.29 is 19.1 Å². The standard InChI is InChI=1S/C23H31N3O4/c1-7-30-23(29)20-15(4)19(16(5)25-20)21(27)17(6)26(22(28)14(2)3)13-11-18-10-8-9-12-24-18/h8-10,12,14,17,25H,7,11,13H2,1-6H3. The topological polar surface area (TPSA) is 92.4 Å². The van der Waals surface area contributed by atoms with Gasteiger partial charge in [-0.3, -0.25) is 14.6 Å². The fourth-order valence-corrected chi connectivity index (χ4v) is 3.48. The van der Waals surface area contributed by atoms with Crippen LogP contribution in [0.25, 0.3) is 0 Å². The average molecular weight is 414 g/mol. The van der Waals surface area contributed by atoms with E-state index < -0.39 is 12.0 Å². The van der Waals surface area contributed by atoms with Crippen LogP contribution < -0.4 is 0 Å². The Morgan fingerprint density at radius 3 is 2.43 bits per heavy atom. The van der Waals surface area contributed by atoms with E-state index in [2.05, 4.69) is 9.97 Å². The van der Waals surface area contributed by atoms with E-state index in [0.29, 0.717) is 29.8 Å². The van der Waals surface area contributed by atoms with Crippen LogP contribution in [0.1, 0.15) is 65.5 Å². The van der Waals surface area contributed by atoms with E-state index in [1.54, 1.807) is 38.8 Å². The number of esters is 1. The first-order valence-corrected chi connectivity index (χ1v) is 10.3. The third-order valence-corrected chi connectivity index (χ3v) is 5.12. The molecular weight excluding hydrogens is 382 g/mol. The lowest BCUT2D eigenvalue weighted by Gasteiger charge is -2.30. The molecule has 0 bridgehead atoms. The van der Waals surface area contributed by atoms with Crippen molar-refractivity contribution in [2.75, 3.05) is 13.2 Å². The summed E-state index contributed by atoms with van der Waals surface area (Å²) in [5.74, 6) is -1.03. The van der Waals surface area contributed by atoms with Gasteiger partial charge < -0.3 is 14.6 Å². The Labute approximate surface area is 177 Å². The maximum absolute atomic E-state index is 13.4. The highest BCUT2D eigenvalue weighted by atomic mass is 16.5. The number of ketones is 1. The number of aromatic amines is 1. The lowest BCUT2D eigenvalue weighted by atomic mass is 9.98. The van der Waals surface area contributed by atoms with Crippen LogP contribution in [0.3, 0.4) is 0 Å². The summed E-state index contributed by atoms with van der Waals surface area (Å²) in [6.45, 7) is 11.2. The molecule has 7 nitrogen and oxygen atoms in total. The van der Waals surface area contributed by atoms with Crippen LogP contribution in [0.4, 0.5) is 0 Å². The summed E-state index contributed by atoms with van der Waals surface area (Å²) in [7, 11) is 0. The normalized spacial score (nSPS) is 12.0. The number of H-pyrrole nitrogens is 1. The molecule has 0 aromatic carbocycles. The van der Waals surface area contributed by atoms with Gasteiger partial charge in [0, 0.05) is 42.0 Å². The van der Waals surface area contributed by atoms with Gasteiger partial charge in [0.05, 0.1) is 12.6 Å². The van der Waals surface area contributed by atoms with Gasteiger partial charge in [0.25, 0.3) is 0 Å². The summed E-state index contributed by atoms with van der Waals surface area (Å²) in [5, 5.41) is 0. The van der Waals surface area contributed by atoms with E-state index in [-0.39, 0.29) is 29.9 Å². The second-order valence-corrected chi connectivity index (χ2v) is 7.64. The monoisotopic (exact) mass is 413 g/mol. The highest BCUT2D eigenvalue weighted by Gasteiger charge is 2.32. The summed E-state index contributed by atoms with van der Waals surface area (Å²) in [6.07, 6.45) is 2.26. The molecule has 1 atom stereocenters. The zero-order valence-electron chi connectivity index (χ0n) is 18.6. The van der Waals surface area contributed by atoms with Gasteiger partial charge in [-0.2, -0.15) is 0 Å². The minimum Gasteiger partial charge on any atom is -0.461 e. The van der Waals surface area contributed by atoms with Crippen LogP contribution >= 0.6 is 0 Å². The number of aromatic nitrogens is 2. The number of nitrogens with zero attached hydrogens (tertiary/aromatic N) is 2. The molecule has 0 saturated heterocycles. The second-order valence-electron chi connectivity index (χ2n) is 7.64. The molecular formula is C23H31N3O4. The quantitative estimate of drug-likeness (QED) is 0.502. The first-order valence-electron chi connectivity index (χ1n) is 10.3. The molecule has 2 heterocycles. The molecule has 2 aromatic rings. The fourth-order valence-electron chi connectivity index (χ4n) is 3.48. The maximum atomic E-state index is 13.4. The second kappa shape index (κ2) is 10.2. The van der Waals surface area contributed by atoms with E-state index in [4.69, 9.17) is 4.74 Å². The van der Waals surface area contributed by atoms with Crippen LogP contribution in [-0.4, -0.2) is 51.7 Å². The maximum Gasteiger partial charge on any atom is 0.355 e. The van der Waals surface area contributed by atoms with Crippen LogP contribution in [0.5, 0.6) is 0 Å². The molecule has 30 heavy (non-hydrogen) atoms. The van der Waals surface area contributed by atoms with Gasteiger partial charge in [-0.15, -0.1) is 0 Å². The molecule has 7 heteroatoms. The third-order valence-electron chi connectivity index (χ3n) is 5.12. The van der Waals surface area contributed by atoms with E-state index in [0.717, 1.165) is 5.69 Å². The Balaban J connectivity index is 2.30. The van der Waals surface area contributed by atoms with E-state index >= 15 is 0 Å². The number of carbonyl (C=O) groups excluding carboxylic acids is 3. The van der Waals surface area contributed by atoms with E-state index in [1.807, 2.05) is 32.0 Å². The van der Waals surface area contributed by atoms with Crippen molar-refractivity contribution >= 4 is 17.7 Å². The fraction of sp³-hybridized carbons (Fsp3) is 0.478. The highest BCUT2D eigenvalue weighted by Crippen LogP contribution is 2.23. The van der Waals surface area contributed by atoms with Gasteiger partial charge in [0.15, 0.2) is 5.78 Å².